The molecule has 3 aromatic rings. The van der Waals surface area contributed by atoms with Gasteiger partial charge in [0.1, 0.15) is 5.82 Å². The van der Waals surface area contributed by atoms with Crippen LogP contribution in [0.4, 0.5) is 4.39 Å². The molecule has 4 rings (SSSR count). The summed E-state index contributed by atoms with van der Waals surface area (Å²) < 4.78 is 14.8. The fourth-order valence-electron chi connectivity index (χ4n) is 3.57. The van der Waals surface area contributed by atoms with Gasteiger partial charge >= 0.3 is 5.97 Å². The van der Waals surface area contributed by atoms with Crippen molar-refractivity contribution in [3.05, 3.63) is 60.0 Å². The van der Waals surface area contributed by atoms with Crippen LogP contribution in [0, 0.1) is 11.7 Å². The predicted octanol–water partition coefficient (Wildman–Crippen LogP) is 2.60. The van der Waals surface area contributed by atoms with E-state index < -0.39 is 17.4 Å². The third-order valence-electron chi connectivity index (χ3n) is 5.02. The Bertz CT molecular complexity index is 1030. The minimum absolute atomic E-state index is 0.0429. The maximum absolute atomic E-state index is 13.1. The van der Waals surface area contributed by atoms with Crippen molar-refractivity contribution in [1.29, 1.82) is 0 Å². The van der Waals surface area contributed by atoms with E-state index in [1.54, 1.807) is 36.0 Å². The highest BCUT2D eigenvalue weighted by atomic mass is 19.1. The monoisotopic (exact) mass is 353 g/mol. The second-order valence-corrected chi connectivity index (χ2v) is 6.65. The lowest BCUT2D eigenvalue weighted by atomic mass is 9.81. The molecule has 2 N–H and O–H groups in total. The van der Waals surface area contributed by atoms with Gasteiger partial charge in [-0.1, -0.05) is 6.07 Å². The number of carboxylic acid groups (broad SMARTS) is 1. The Hall–Kier alpha value is -3.22. The van der Waals surface area contributed by atoms with E-state index in [-0.39, 0.29) is 18.1 Å². The summed E-state index contributed by atoms with van der Waals surface area (Å²) in [6.45, 7) is 1.72. The Balaban J connectivity index is 1.79. The van der Waals surface area contributed by atoms with Crippen molar-refractivity contribution in [2.75, 3.05) is 0 Å². The van der Waals surface area contributed by atoms with Crippen LogP contribution < -0.4 is 5.32 Å². The molecular weight excluding hydrogens is 337 g/mol. The largest absolute Gasteiger partial charge is 0.481 e. The van der Waals surface area contributed by atoms with Gasteiger partial charge in [0.2, 0.25) is 5.91 Å². The molecule has 1 fully saturated rings. The zero-order valence-corrected chi connectivity index (χ0v) is 13.9. The van der Waals surface area contributed by atoms with Gasteiger partial charge in [-0.25, -0.2) is 9.07 Å². The summed E-state index contributed by atoms with van der Waals surface area (Å²) in [5, 5.41) is 17.4. The number of rotatable bonds is 3. The summed E-state index contributed by atoms with van der Waals surface area (Å²) in [5.74, 6) is -2.44. The van der Waals surface area contributed by atoms with E-state index >= 15 is 0 Å². The molecule has 132 valence electrons. The van der Waals surface area contributed by atoms with E-state index in [0.717, 1.165) is 16.6 Å². The molecule has 2 heterocycles. The van der Waals surface area contributed by atoms with Crippen LogP contribution in [0.15, 0.2) is 48.7 Å². The van der Waals surface area contributed by atoms with Gasteiger partial charge in [0, 0.05) is 11.8 Å². The molecule has 1 saturated heterocycles. The number of carbonyl (C=O) groups is 2. The zero-order valence-electron chi connectivity index (χ0n) is 13.9. The number of hydrogen-bond acceptors (Lipinski definition) is 3. The summed E-state index contributed by atoms with van der Waals surface area (Å²) >= 11 is 0. The van der Waals surface area contributed by atoms with E-state index in [0.29, 0.717) is 5.56 Å². The molecular formula is C19H16FN3O3. The molecule has 0 unspecified atom stereocenters. The normalized spacial score (nSPS) is 22.5. The molecule has 0 saturated carbocycles. The van der Waals surface area contributed by atoms with E-state index in [9.17, 15) is 19.1 Å². The highest BCUT2D eigenvalue weighted by Crippen LogP contribution is 2.38. The van der Waals surface area contributed by atoms with Crippen LogP contribution in [-0.2, 0) is 15.1 Å². The molecule has 1 amide bonds. The van der Waals surface area contributed by atoms with Gasteiger partial charge in [-0.2, -0.15) is 5.10 Å². The van der Waals surface area contributed by atoms with Gasteiger partial charge in [-0.05, 0) is 48.9 Å². The number of carboxylic acids is 1. The SMILES string of the molecule is C[C@]1(c2ccc3c(cnn3-c3ccc(F)cc3)c2)NC(=O)C[C@@H]1C(=O)O. The molecule has 2 atom stereocenters. The highest BCUT2D eigenvalue weighted by Gasteiger charge is 2.48. The Kier molecular flexibility index (Phi) is 3.54. The molecule has 6 nitrogen and oxygen atoms in total. The van der Waals surface area contributed by atoms with Gasteiger partial charge in [0.25, 0.3) is 0 Å². The lowest BCUT2D eigenvalue weighted by Crippen LogP contribution is -2.42. The zero-order chi connectivity index (χ0) is 18.5. The minimum atomic E-state index is -1.01. The van der Waals surface area contributed by atoms with Crippen LogP contribution >= 0.6 is 0 Å². The first kappa shape index (κ1) is 16.3. The Morgan fingerprint density at radius 1 is 1.31 bits per heavy atom. The fraction of sp³-hybridized carbons (Fsp3) is 0.211. The van der Waals surface area contributed by atoms with Crippen molar-refractivity contribution >= 4 is 22.8 Å². The van der Waals surface area contributed by atoms with Crippen molar-refractivity contribution in [1.82, 2.24) is 15.1 Å². The van der Waals surface area contributed by atoms with E-state index in [1.807, 2.05) is 12.1 Å². The number of fused-ring (bicyclic) bond motifs is 1. The maximum atomic E-state index is 13.1. The quantitative estimate of drug-likeness (QED) is 0.758. The molecule has 1 aliphatic heterocycles. The molecule has 1 aliphatic rings. The minimum Gasteiger partial charge on any atom is -0.481 e. The Morgan fingerprint density at radius 2 is 2.04 bits per heavy atom. The van der Waals surface area contributed by atoms with Crippen LogP contribution in [0.2, 0.25) is 0 Å². The summed E-state index contributed by atoms with van der Waals surface area (Å²) in [6.07, 6.45) is 1.62. The second-order valence-electron chi connectivity index (χ2n) is 6.65. The number of amides is 1. The van der Waals surface area contributed by atoms with Crippen molar-refractivity contribution < 1.29 is 19.1 Å². The molecule has 0 aliphatic carbocycles. The standard InChI is InChI=1S/C19H16FN3O3/c1-19(15(18(25)26)9-17(24)22-19)12-2-7-16-11(8-12)10-21-23(16)14-5-3-13(20)4-6-14/h2-8,10,15H,9H2,1H3,(H,22,24)(H,25,26)/t15-,19-/m1/s1. The van der Waals surface area contributed by atoms with Crippen molar-refractivity contribution in [3.8, 4) is 5.69 Å². The van der Waals surface area contributed by atoms with Crippen molar-refractivity contribution in [2.45, 2.75) is 18.9 Å². The number of carbonyl (C=O) groups excluding carboxylic acids is 1. The van der Waals surface area contributed by atoms with Crippen LogP contribution in [0.25, 0.3) is 16.6 Å². The third-order valence-corrected chi connectivity index (χ3v) is 5.02. The van der Waals surface area contributed by atoms with E-state index in [1.165, 1.54) is 12.1 Å². The first-order valence-electron chi connectivity index (χ1n) is 8.16. The summed E-state index contributed by atoms with van der Waals surface area (Å²) in [4.78, 5) is 23.4. The molecule has 0 spiro atoms. The Labute approximate surface area is 148 Å². The fourth-order valence-corrected chi connectivity index (χ4v) is 3.57. The van der Waals surface area contributed by atoms with Gasteiger partial charge in [-0.15, -0.1) is 0 Å². The van der Waals surface area contributed by atoms with Crippen LogP contribution in [0.3, 0.4) is 0 Å². The van der Waals surface area contributed by atoms with Crippen LogP contribution in [-0.4, -0.2) is 26.8 Å². The number of benzene rings is 2. The third kappa shape index (κ3) is 2.44. The predicted molar refractivity (Wildman–Crippen MR) is 92.3 cm³/mol. The lowest BCUT2D eigenvalue weighted by Gasteiger charge is -2.29. The molecule has 7 heteroatoms. The molecule has 2 aromatic carbocycles. The second kappa shape index (κ2) is 5.66. The van der Waals surface area contributed by atoms with Crippen LogP contribution in [0.5, 0.6) is 0 Å². The number of hydrogen-bond donors (Lipinski definition) is 2. The smallest absolute Gasteiger partial charge is 0.309 e. The average Bonchev–Trinajstić information content (AvgIpc) is 3.16. The number of aliphatic carboxylic acids is 1. The van der Waals surface area contributed by atoms with E-state index in [2.05, 4.69) is 10.4 Å². The van der Waals surface area contributed by atoms with Crippen molar-refractivity contribution in [3.63, 3.8) is 0 Å². The first-order chi connectivity index (χ1) is 12.4. The van der Waals surface area contributed by atoms with Gasteiger partial charge in [0.15, 0.2) is 0 Å². The molecule has 0 bridgehead atoms. The van der Waals surface area contributed by atoms with Gasteiger partial charge < -0.3 is 10.4 Å². The van der Waals surface area contributed by atoms with Gasteiger partial charge in [0.05, 0.1) is 28.9 Å². The molecule has 0 radical (unpaired) electrons. The summed E-state index contributed by atoms with van der Waals surface area (Å²) in [6, 6.07) is 11.5. The van der Waals surface area contributed by atoms with Gasteiger partial charge in [-0.3, -0.25) is 9.59 Å². The lowest BCUT2D eigenvalue weighted by molar-refractivity contribution is -0.143. The summed E-state index contributed by atoms with van der Waals surface area (Å²) in [5.41, 5.74) is 1.26. The topological polar surface area (TPSA) is 84.2 Å². The number of halogens is 1. The Morgan fingerprint density at radius 3 is 2.73 bits per heavy atom. The highest BCUT2D eigenvalue weighted by molar-refractivity contribution is 5.89. The number of aromatic nitrogens is 2. The molecule has 26 heavy (non-hydrogen) atoms. The number of nitrogens with zero attached hydrogens (tertiary/aromatic N) is 2. The number of nitrogens with one attached hydrogen (secondary N) is 1. The first-order valence-corrected chi connectivity index (χ1v) is 8.16. The van der Waals surface area contributed by atoms with E-state index in [4.69, 9.17) is 0 Å². The summed E-state index contributed by atoms with van der Waals surface area (Å²) in [7, 11) is 0. The van der Waals surface area contributed by atoms with Crippen LogP contribution in [0.1, 0.15) is 18.9 Å². The average molecular weight is 353 g/mol. The molecule has 1 aromatic heterocycles. The van der Waals surface area contributed by atoms with Crippen molar-refractivity contribution in [2.24, 2.45) is 5.92 Å². The maximum Gasteiger partial charge on any atom is 0.309 e.